The summed E-state index contributed by atoms with van der Waals surface area (Å²) < 4.78 is 5.12. The number of rotatable bonds is 3. The molecule has 1 saturated heterocycles. The lowest BCUT2D eigenvalue weighted by Gasteiger charge is -2.16. The maximum Gasteiger partial charge on any atom is 0.160 e. The molecule has 0 spiro atoms. The van der Waals surface area contributed by atoms with Gasteiger partial charge in [-0.2, -0.15) is 0 Å². The minimum absolute atomic E-state index is 0.208. The highest BCUT2D eigenvalue weighted by Crippen LogP contribution is 2.28. The summed E-state index contributed by atoms with van der Waals surface area (Å²) in [6.07, 6.45) is 0. The molecule has 2 rings (SSSR count). The molecule has 0 saturated carbocycles. The Morgan fingerprint density at radius 1 is 1.29 bits per heavy atom. The average Bonchev–Trinajstić information content (AvgIpc) is 2.61. The molecular weight excluding hydrogens is 214 g/mol. The smallest absolute Gasteiger partial charge is 0.160 e. The number of methoxy groups -OCH3 is 1. The first-order valence-electron chi connectivity index (χ1n) is 6.18. The van der Waals surface area contributed by atoms with Gasteiger partial charge in [0.1, 0.15) is 0 Å². The first kappa shape index (κ1) is 12.2. The zero-order valence-electron chi connectivity index (χ0n) is 10.8. The van der Waals surface area contributed by atoms with Crippen molar-refractivity contribution in [2.45, 2.75) is 20.4 Å². The van der Waals surface area contributed by atoms with Gasteiger partial charge in [-0.1, -0.05) is 19.9 Å². The lowest BCUT2D eigenvalue weighted by molar-refractivity contribution is 0.314. The van der Waals surface area contributed by atoms with Crippen LogP contribution in [0.4, 0.5) is 0 Å². The van der Waals surface area contributed by atoms with E-state index in [1.807, 2.05) is 12.1 Å². The fourth-order valence-electron chi connectivity index (χ4n) is 2.46. The number of phenols is 1. The highest BCUT2D eigenvalue weighted by atomic mass is 16.5. The lowest BCUT2D eigenvalue weighted by Crippen LogP contribution is -2.20. The SMILES string of the molecule is COc1cc(CN2CC(C)C(C)C2)ccc1O. The van der Waals surface area contributed by atoms with Crippen molar-refractivity contribution < 1.29 is 9.84 Å². The molecule has 1 aromatic carbocycles. The van der Waals surface area contributed by atoms with Crippen molar-refractivity contribution in [1.82, 2.24) is 4.90 Å². The Morgan fingerprint density at radius 3 is 2.53 bits per heavy atom. The van der Waals surface area contributed by atoms with Gasteiger partial charge in [0.2, 0.25) is 0 Å². The molecule has 2 atom stereocenters. The van der Waals surface area contributed by atoms with Crippen molar-refractivity contribution in [2.24, 2.45) is 11.8 Å². The van der Waals surface area contributed by atoms with Crippen molar-refractivity contribution in [3.8, 4) is 11.5 Å². The summed E-state index contributed by atoms with van der Waals surface area (Å²) in [4.78, 5) is 2.46. The van der Waals surface area contributed by atoms with E-state index in [4.69, 9.17) is 4.74 Å². The zero-order valence-corrected chi connectivity index (χ0v) is 10.8. The van der Waals surface area contributed by atoms with Crippen LogP contribution in [0.2, 0.25) is 0 Å². The van der Waals surface area contributed by atoms with Gasteiger partial charge in [-0.15, -0.1) is 0 Å². The van der Waals surface area contributed by atoms with Gasteiger partial charge in [0, 0.05) is 19.6 Å². The summed E-state index contributed by atoms with van der Waals surface area (Å²) in [5, 5.41) is 9.54. The summed E-state index contributed by atoms with van der Waals surface area (Å²) in [6.45, 7) is 7.87. The molecule has 1 fully saturated rings. The van der Waals surface area contributed by atoms with Crippen molar-refractivity contribution in [1.29, 1.82) is 0 Å². The van der Waals surface area contributed by atoms with Crippen LogP contribution in [0.3, 0.4) is 0 Å². The number of benzene rings is 1. The second-order valence-corrected chi connectivity index (χ2v) is 5.15. The summed E-state index contributed by atoms with van der Waals surface area (Å²) >= 11 is 0. The summed E-state index contributed by atoms with van der Waals surface area (Å²) in [5.41, 5.74) is 1.20. The number of hydrogen-bond donors (Lipinski definition) is 1. The summed E-state index contributed by atoms with van der Waals surface area (Å²) in [7, 11) is 1.58. The first-order valence-corrected chi connectivity index (χ1v) is 6.18. The third-order valence-corrected chi connectivity index (χ3v) is 3.71. The predicted molar refractivity (Wildman–Crippen MR) is 68.3 cm³/mol. The van der Waals surface area contributed by atoms with Crippen LogP contribution in [0, 0.1) is 11.8 Å². The van der Waals surface area contributed by atoms with Gasteiger partial charge in [-0.3, -0.25) is 4.90 Å². The summed E-state index contributed by atoms with van der Waals surface area (Å²) in [6, 6.07) is 5.59. The molecule has 1 aromatic rings. The Labute approximate surface area is 103 Å². The van der Waals surface area contributed by atoms with Crippen LogP contribution in [0.15, 0.2) is 18.2 Å². The topological polar surface area (TPSA) is 32.7 Å². The van der Waals surface area contributed by atoms with Crippen LogP contribution >= 0.6 is 0 Å². The maximum absolute atomic E-state index is 9.54. The molecule has 0 aliphatic carbocycles. The number of hydrogen-bond acceptors (Lipinski definition) is 3. The minimum Gasteiger partial charge on any atom is -0.504 e. The second-order valence-electron chi connectivity index (χ2n) is 5.15. The van der Waals surface area contributed by atoms with Crippen molar-refractivity contribution in [3.63, 3.8) is 0 Å². The van der Waals surface area contributed by atoms with Crippen LogP contribution in [0.5, 0.6) is 11.5 Å². The molecule has 0 amide bonds. The van der Waals surface area contributed by atoms with Crippen LogP contribution in [0.25, 0.3) is 0 Å². The molecule has 94 valence electrons. The molecule has 17 heavy (non-hydrogen) atoms. The van der Waals surface area contributed by atoms with Crippen LogP contribution in [0.1, 0.15) is 19.4 Å². The van der Waals surface area contributed by atoms with E-state index < -0.39 is 0 Å². The van der Waals surface area contributed by atoms with E-state index in [-0.39, 0.29) is 5.75 Å². The van der Waals surface area contributed by atoms with E-state index in [0.717, 1.165) is 31.5 Å². The van der Waals surface area contributed by atoms with Crippen LogP contribution in [-0.4, -0.2) is 30.2 Å². The number of likely N-dealkylation sites (tertiary alicyclic amines) is 1. The normalized spacial score (nSPS) is 25.1. The standard InChI is InChI=1S/C14H21NO2/c1-10-7-15(8-11(10)2)9-12-4-5-13(16)14(6-12)17-3/h4-6,10-11,16H,7-9H2,1-3H3. The third kappa shape index (κ3) is 2.72. The van der Waals surface area contributed by atoms with E-state index in [0.29, 0.717) is 5.75 Å². The molecule has 0 bridgehead atoms. The van der Waals surface area contributed by atoms with Crippen LogP contribution < -0.4 is 4.74 Å². The van der Waals surface area contributed by atoms with Gasteiger partial charge in [0.25, 0.3) is 0 Å². The fraction of sp³-hybridized carbons (Fsp3) is 0.571. The largest absolute Gasteiger partial charge is 0.504 e. The third-order valence-electron chi connectivity index (χ3n) is 3.71. The minimum atomic E-state index is 0.208. The Kier molecular flexibility index (Phi) is 3.57. The fourth-order valence-corrected chi connectivity index (χ4v) is 2.46. The van der Waals surface area contributed by atoms with Crippen molar-refractivity contribution >= 4 is 0 Å². The zero-order chi connectivity index (χ0) is 12.4. The van der Waals surface area contributed by atoms with Gasteiger partial charge in [0.05, 0.1) is 7.11 Å². The molecule has 0 radical (unpaired) electrons. The van der Waals surface area contributed by atoms with Gasteiger partial charge in [-0.05, 0) is 29.5 Å². The summed E-state index contributed by atoms with van der Waals surface area (Å²) in [5.74, 6) is 2.31. The molecule has 1 N–H and O–H groups in total. The van der Waals surface area contributed by atoms with Crippen molar-refractivity contribution in [3.05, 3.63) is 23.8 Å². The van der Waals surface area contributed by atoms with Gasteiger partial charge in [-0.25, -0.2) is 0 Å². The molecule has 3 nitrogen and oxygen atoms in total. The maximum atomic E-state index is 9.54. The molecule has 1 heterocycles. The van der Waals surface area contributed by atoms with Crippen LogP contribution in [-0.2, 0) is 6.54 Å². The van der Waals surface area contributed by atoms with E-state index in [1.165, 1.54) is 5.56 Å². The van der Waals surface area contributed by atoms with Gasteiger partial charge < -0.3 is 9.84 Å². The molecule has 0 aromatic heterocycles. The average molecular weight is 235 g/mol. The van der Waals surface area contributed by atoms with Crippen molar-refractivity contribution in [2.75, 3.05) is 20.2 Å². The first-order chi connectivity index (χ1) is 8.10. The Bertz CT molecular complexity index is 382. The van der Waals surface area contributed by atoms with Gasteiger partial charge >= 0.3 is 0 Å². The molecule has 2 unspecified atom stereocenters. The lowest BCUT2D eigenvalue weighted by atomic mass is 10.0. The van der Waals surface area contributed by atoms with E-state index >= 15 is 0 Å². The number of aromatic hydroxyl groups is 1. The Hall–Kier alpha value is -1.22. The molecule has 1 aliphatic rings. The molecule has 3 heteroatoms. The Balaban J connectivity index is 2.04. The molecular formula is C14H21NO2. The second kappa shape index (κ2) is 4.96. The number of ether oxygens (including phenoxy) is 1. The van der Waals surface area contributed by atoms with E-state index in [2.05, 4.69) is 18.7 Å². The monoisotopic (exact) mass is 235 g/mol. The number of nitrogens with zero attached hydrogens (tertiary/aromatic N) is 1. The van der Waals surface area contributed by atoms with Gasteiger partial charge in [0.15, 0.2) is 11.5 Å². The predicted octanol–water partition coefficient (Wildman–Crippen LogP) is 2.49. The highest BCUT2D eigenvalue weighted by Gasteiger charge is 2.25. The number of phenolic OH excluding ortho intramolecular Hbond substituents is 1. The van der Waals surface area contributed by atoms with E-state index in [9.17, 15) is 5.11 Å². The van der Waals surface area contributed by atoms with E-state index in [1.54, 1.807) is 13.2 Å². The Morgan fingerprint density at radius 2 is 1.94 bits per heavy atom. The quantitative estimate of drug-likeness (QED) is 0.873. The molecule has 1 aliphatic heterocycles. The highest BCUT2D eigenvalue weighted by molar-refractivity contribution is 5.41.